The summed E-state index contributed by atoms with van der Waals surface area (Å²) >= 11 is 0. The predicted octanol–water partition coefficient (Wildman–Crippen LogP) is 6.01. The first kappa shape index (κ1) is 21.9. The second-order valence-electron chi connectivity index (χ2n) is 10.1. The molecule has 166 valence electrons. The summed E-state index contributed by atoms with van der Waals surface area (Å²) < 4.78 is 12.3. The lowest BCUT2D eigenvalue weighted by Gasteiger charge is -2.38. The Hall–Kier alpha value is -2.33. The molecule has 0 unspecified atom stereocenters. The van der Waals surface area contributed by atoms with Crippen molar-refractivity contribution in [1.29, 1.82) is 0 Å². The van der Waals surface area contributed by atoms with Gasteiger partial charge in [-0.1, -0.05) is 57.2 Å². The third-order valence-electron chi connectivity index (χ3n) is 8.14. The van der Waals surface area contributed by atoms with Gasteiger partial charge in [0.1, 0.15) is 12.4 Å². The highest BCUT2D eigenvalue weighted by atomic mass is 16.5. The molecule has 4 heteroatoms. The van der Waals surface area contributed by atoms with Gasteiger partial charge in [0, 0.05) is 6.42 Å². The molecule has 2 aromatic rings. The van der Waals surface area contributed by atoms with Crippen LogP contribution in [0.5, 0.6) is 5.75 Å². The lowest BCUT2D eigenvalue weighted by Crippen LogP contribution is -2.37. The number of fused-ring (bicyclic) bond motifs is 2. The predicted molar refractivity (Wildman–Crippen MR) is 121 cm³/mol. The van der Waals surface area contributed by atoms with Gasteiger partial charge in [-0.15, -0.1) is 0 Å². The summed E-state index contributed by atoms with van der Waals surface area (Å²) in [5.41, 5.74) is 4.01. The van der Waals surface area contributed by atoms with Crippen molar-refractivity contribution < 1.29 is 19.4 Å². The molecule has 4 nitrogen and oxygen atoms in total. The SMILES string of the molecule is CC1(C)[C@H]2CC[C@]1(C)[C@@H](OCc1ccc(COc3ccc(CCC(=O)O)cc3)cc1)C2. The summed E-state index contributed by atoms with van der Waals surface area (Å²) in [4.78, 5) is 10.7. The normalized spacial score (nSPS) is 26.2. The van der Waals surface area contributed by atoms with Crippen molar-refractivity contribution >= 4 is 5.97 Å². The first-order valence-electron chi connectivity index (χ1n) is 11.4. The average Bonchev–Trinajstić information content (AvgIpc) is 3.09. The third kappa shape index (κ3) is 4.50. The number of aliphatic carboxylic acids is 1. The molecule has 0 aromatic heterocycles. The van der Waals surface area contributed by atoms with Crippen molar-refractivity contribution in [2.45, 2.75) is 72.2 Å². The van der Waals surface area contributed by atoms with Gasteiger partial charge in [-0.25, -0.2) is 0 Å². The Balaban J connectivity index is 1.25. The summed E-state index contributed by atoms with van der Waals surface area (Å²) in [6.07, 6.45) is 4.88. The van der Waals surface area contributed by atoms with E-state index in [1.807, 2.05) is 24.3 Å². The minimum Gasteiger partial charge on any atom is -0.489 e. The van der Waals surface area contributed by atoms with Gasteiger partial charge in [0.05, 0.1) is 12.7 Å². The molecule has 0 aliphatic heterocycles. The Morgan fingerprint density at radius 1 is 0.968 bits per heavy atom. The van der Waals surface area contributed by atoms with Crippen LogP contribution >= 0.6 is 0 Å². The molecule has 3 atom stereocenters. The number of ether oxygens (including phenoxy) is 2. The van der Waals surface area contributed by atoms with Crippen molar-refractivity contribution in [2.75, 3.05) is 0 Å². The van der Waals surface area contributed by atoms with Gasteiger partial charge in [0.15, 0.2) is 0 Å². The van der Waals surface area contributed by atoms with Crippen LogP contribution in [0.3, 0.4) is 0 Å². The second-order valence-corrected chi connectivity index (χ2v) is 10.1. The minimum absolute atomic E-state index is 0.147. The lowest BCUT2D eigenvalue weighted by atomic mass is 9.70. The van der Waals surface area contributed by atoms with Crippen molar-refractivity contribution in [3.8, 4) is 5.75 Å². The molecule has 2 aliphatic carbocycles. The van der Waals surface area contributed by atoms with E-state index < -0.39 is 5.97 Å². The summed E-state index contributed by atoms with van der Waals surface area (Å²) in [5, 5.41) is 8.77. The molecule has 0 amide bonds. The largest absolute Gasteiger partial charge is 0.489 e. The maximum atomic E-state index is 10.7. The van der Waals surface area contributed by atoms with Gasteiger partial charge in [0.25, 0.3) is 0 Å². The fraction of sp³-hybridized carbons (Fsp3) is 0.519. The van der Waals surface area contributed by atoms with Crippen LogP contribution in [0, 0.1) is 16.7 Å². The Bertz CT molecular complexity index is 900. The first-order chi connectivity index (χ1) is 14.8. The van der Waals surface area contributed by atoms with E-state index in [2.05, 4.69) is 45.0 Å². The number of carboxylic acids is 1. The third-order valence-corrected chi connectivity index (χ3v) is 8.14. The topological polar surface area (TPSA) is 55.8 Å². The molecule has 31 heavy (non-hydrogen) atoms. The molecule has 0 saturated heterocycles. The lowest BCUT2D eigenvalue weighted by molar-refractivity contribution is -0.136. The number of rotatable bonds is 9. The zero-order chi connectivity index (χ0) is 22.1. The van der Waals surface area contributed by atoms with Gasteiger partial charge in [-0.3, -0.25) is 4.79 Å². The number of benzene rings is 2. The molecule has 1 N–H and O–H groups in total. The molecule has 0 spiro atoms. The van der Waals surface area contributed by atoms with Crippen LogP contribution in [-0.4, -0.2) is 17.2 Å². The molecule has 2 fully saturated rings. The monoisotopic (exact) mass is 422 g/mol. The van der Waals surface area contributed by atoms with E-state index >= 15 is 0 Å². The van der Waals surface area contributed by atoms with Crippen LogP contribution in [0.1, 0.15) is 63.1 Å². The van der Waals surface area contributed by atoms with Crippen LogP contribution in [0.2, 0.25) is 0 Å². The molecular formula is C27H34O4. The highest BCUT2D eigenvalue weighted by Crippen LogP contribution is 2.66. The first-order valence-corrected chi connectivity index (χ1v) is 11.4. The average molecular weight is 423 g/mol. The fourth-order valence-electron chi connectivity index (χ4n) is 5.48. The second kappa shape index (κ2) is 8.66. The highest BCUT2D eigenvalue weighted by molar-refractivity contribution is 5.67. The van der Waals surface area contributed by atoms with E-state index in [4.69, 9.17) is 14.6 Å². The summed E-state index contributed by atoms with van der Waals surface area (Å²) in [5.74, 6) is 0.814. The van der Waals surface area contributed by atoms with E-state index in [9.17, 15) is 4.79 Å². The smallest absolute Gasteiger partial charge is 0.303 e. The van der Waals surface area contributed by atoms with Crippen molar-refractivity contribution in [2.24, 2.45) is 16.7 Å². The maximum absolute atomic E-state index is 10.7. The van der Waals surface area contributed by atoms with E-state index in [0.717, 1.165) is 22.8 Å². The summed E-state index contributed by atoms with van der Waals surface area (Å²) in [7, 11) is 0. The number of aryl methyl sites for hydroxylation is 1. The quantitative estimate of drug-likeness (QED) is 0.537. The number of hydrogen-bond donors (Lipinski definition) is 1. The molecule has 4 rings (SSSR count). The van der Waals surface area contributed by atoms with Gasteiger partial charge >= 0.3 is 5.97 Å². The van der Waals surface area contributed by atoms with Crippen LogP contribution in [0.15, 0.2) is 48.5 Å². The van der Waals surface area contributed by atoms with E-state index in [1.54, 1.807) is 0 Å². The fourth-order valence-corrected chi connectivity index (χ4v) is 5.48. The Morgan fingerprint density at radius 2 is 1.58 bits per heavy atom. The van der Waals surface area contributed by atoms with E-state index in [1.165, 1.54) is 24.8 Å². The van der Waals surface area contributed by atoms with Gasteiger partial charge in [-0.2, -0.15) is 0 Å². The van der Waals surface area contributed by atoms with Crippen LogP contribution in [-0.2, 0) is 29.2 Å². The minimum atomic E-state index is -0.775. The van der Waals surface area contributed by atoms with Gasteiger partial charge in [0.2, 0.25) is 0 Å². The van der Waals surface area contributed by atoms with Crippen molar-refractivity contribution in [3.63, 3.8) is 0 Å². The number of carboxylic acid groups (broad SMARTS) is 1. The Kier molecular flexibility index (Phi) is 6.11. The van der Waals surface area contributed by atoms with Gasteiger partial charge in [-0.05, 0) is 71.3 Å². The van der Waals surface area contributed by atoms with Crippen LogP contribution in [0.25, 0.3) is 0 Å². The molecular weight excluding hydrogens is 388 g/mol. The highest BCUT2D eigenvalue weighted by Gasteiger charge is 2.61. The zero-order valence-electron chi connectivity index (χ0n) is 18.9. The van der Waals surface area contributed by atoms with E-state index in [0.29, 0.717) is 36.6 Å². The Labute approximate surface area is 185 Å². The summed E-state index contributed by atoms with van der Waals surface area (Å²) in [6.45, 7) is 8.44. The number of carbonyl (C=O) groups is 1. The van der Waals surface area contributed by atoms with E-state index in [-0.39, 0.29) is 6.42 Å². The molecule has 2 aromatic carbocycles. The molecule has 0 heterocycles. The van der Waals surface area contributed by atoms with Crippen molar-refractivity contribution in [1.82, 2.24) is 0 Å². The standard InChI is InChI=1S/C27H34O4/c1-26(2)22-14-15-27(26,3)24(16-22)31-18-21-6-4-20(5-7-21)17-30-23-11-8-19(9-12-23)10-13-25(28)29/h4-9,11-12,22,24H,10,13-18H2,1-3H3,(H,28,29)/t22-,24-,27+/m0/s1. The summed E-state index contributed by atoms with van der Waals surface area (Å²) in [6, 6.07) is 16.1. The zero-order valence-corrected chi connectivity index (χ0v) is 18.9. The molecule has 0 radical (unpaired) electrons. The molecule has 2 aliphatic rings. The maximum Gasteiger partial charge on any atom is 0.303 e. The molecule has 2 bridgehead atoms. The molecule has 2 saturated carbocycles. The van der Waals surface area contributed by atoms with Crippen LogP contribution in [0.4, 0.5) is 0 Å². The Morgan fingerprint density at radius 3 is 2.13 bits per heavy atom. The van der Waals surface area contributed by atoms with Crippen molar-refractivity contribution in [3.05, 3.63) is 65.2 Å². The van der Waals surface area contributed by atoms with Crippen LogP contribution < -0.4 is 4.74 Å². The number of hydrogen-bond acceptors (Lipinski definition) is 3. The van der Waals surface area contributed by atoms with Gasteiger partial charge < -0.3 is 14.6 Å².